The second-order valence-corrected chi connectivity index (χ2v) is 5.38. The van der Waals surface area contributed by atoms with Crippen LogP contribution in [0.2, 0.25) is 0 Å². The number of hydrogen-bond donors (Lipinski definition) is 1. The molecule has 0 bridgehead atoms. The first-order chi connectivity index (χ1) is 10.0. The van der Waals surface area contributed by atoms with E-state index in [1.807, 2.05) is 56.3 Å². The highest BCUT2D eigenvalue weighted by Gasteiger charge is 2.06. The predicted octanol–water partition coefficient (Wildman–Crippen LogP) is 4.19. The molecule has 1 atom stereocenters. The maximum absolute atomic E-state index is 11.9. The Hall–Kier alpha value is -2.35. The van der Waals surface area contributed by atoms with E-state index >= 15 is 0 Å². The quantitative estimate of drug-likeness (QED) is 0.835. The van der Waals surface area contributed by atoms with Gasteiger partial charge in [0.15, 0.2) is 0 Å². The summed E-state index contributed by atoms with van der Waals surface area (Å²) >= 11 is 0. The van der Waals surface area contributed by atoms with Crippen LogP contribution in [-0.2, 0) is 4.79 Å². The Kier molecular flexibility index (Phi) is 4.94. The van der Waals surface area contributed by atoms with Crippen LogP contribution in [-0.4, -0.2) is 5.91 Å². The molecule has 1 N–H and O–H groups in total. The van der Waals surface area contributed by atoms with Crippen molar-refractivity contribution in [3.05, 3.63) is 76.9 Å². The zero-order valence-electron chi connectivity index (χ0n) is 12.8. The monoisotopic (exact) mass is 279 g/mol. The van der Waals surface area contributed by atoms with Gasteiger partial charge >= 0.3 is 0 Å². The zero-order chi connectivity index (χ0) is 15.2. The number of carbonyl (C=O) groups excluding carboxylic acids is 1. The highest BCUT2D eigenvalue weighted by molar-refractivity contribution is 5.91. The molecule has 0 fully saturated rings. The number of aryl methyl sites for hydroxylation is 2. The van der Waals surface area contributed by atoms with Gasteiger partial charge in [-0.15, -0.1) is 0 Å². The van der Waals surface area contributed by atoms with Crippen LogP contribution in [0.15, 0.2) is 54.6 Å². The third-order valence-corrected chi connectivity index (χ3v) is 3.44. The number of hydrogen-bond acceptors (Lipinski definition) is 1. The summed E-state index contributed by atoms with van der Waals surface area (Å²) in [6.07, 6.45) is 3.41. The van der Waals surface area contributed by atoms with Gasteiger partial charge in [0.25, 0.3) is 0 Å². The number of amides is 1. The van der Waals surface area contributed by atoms with Gasteiger partial charge in [0.2, 0.25) is 5.91 Å². The van der Waals surface area contributed by atoms with E-state index in [1.54, 1.807) is 6.08 Å². The van der Waals surface area contributed by atoms with Crippen molar-refractivity contribution in [1.82, 2.24) is 5.32 Å². The molecule has 0 saturated heterocycles. The molecule has 2 rings (SSSR count). The van der Waals surface area contributed by atoms with Crippen molar-refractivity contribution < 1.29 is 4.79 Å². The topological polar surface area (TPSA) is 29.1 Å². The first-order valence-corrected chi connectivity index (χ1v) is 7.16. The zero-order valence-corrected chi connectivity index (χ0v) is 12.8. The molecule has 1 amide bonds. The van der Waals surface area contributed by atoms with Crippen molar-refractivity contribution in [2.45, 2.75) is 26.8 Å². The summed E-state index contributed by atoms with van der Waals surface area (Å²) in [6.45, 7) is 6.09. The lowest BCUT2D eigenvalue weighted by Crippen LogP contribution is -2.24. The largest absolute Gasteiger partial charge is 0.346 e. The van der Waals surface area contributed by atoms with E-state index < -0.39 is 0 Å². The third kappa shape index (κ3) is 4.60. The van der Waals surface area contributed by atoms with Crippen molar-refractivity contribution in [1.29, 1.82) is 0 Å². The van der Waals surface area contributed by atoms with Crippen molar-refractivity contribution >= 4 is 12.0 Å². The predicted molar refractivity (Wildman–Crippen MR) is 87.9 cm³/mol. The molecule has 0 spiro atoms. The average Bonchev–Trinajstić information content (AvgIpc) is 2.47. The average molecular weight is 279 g/mol. The highest BCUT2D eigenvalue weighted by atomic mass is 16.1. The Bertz CT molecular complexity index is 624. The SMILES string of the molecule is Cc1ccc(/C=C/C(=O)N[C@H](C)c2ccc(C)cc2)cc1. The van der Waals surface area contributed by atoms with Crippen molar-refractivity contribution in [3.63, 3.8) is 0 Å². The maximum Gasteiger partial charge on any atom is 0.244 e. The molecule has 2 heteroatoms. The summed E-state index contributed by atoms with van der Waals surface area (Å²) in [7, 11) is 0. The van der Waals surface area contributed by atoms with Gasteiger partial charge in [0, 0.05) is 6.08 Å². The molecule has 0 aliphatic carbocycles. The van der Waals surface area contributed by atoms with E-state index in [0.717, 1.165) is 11.1 Å². The minimum atomic E-state index is -0.0800. The molecule has 0 heterocycles. The Morgan fingerprint density at radius 3 is 2.05 bits per heavy atom. The van der Waals surface area contributed by atoms with Crippen LogP contribution in [0.4, 0.5) is 0 Å². The fourth-order valence-electron chi connectivity index (χ4n) is 2.05. The molecule has 21 heavy (non-hydrogen) atoms. The summed E-state index contributed by atoms with van der Waals surface area (Å²) < 4.78 is 0. The van der Waals surface area contributed by atoms with Crippen molar-refractivity contribution in [3.8, 4) is 0 Å². The van der Waals surface area contributed by atoms with E-state index in [0.29, 0.717) is 0 Å². The molecule has 0 aliphatic heterocycles. The Morgan fingerprint density at radius 1 is 0.952 bits per heavy atom. The van der Waals surface area contributed by atoms with Crippen LogP contribution in [0, 0.1) is 13.8 Å². The summed E-state index contributed by atoms with van der Waals surface area (Å²) in [5.74, 6) is -0.0800. The van der Waals surface area contributed by atoms with E-state index in [4.69, 9.17) is 0 Å². The minimum absolute atomic E-state index is 0.000711. The smallest absolute Gasteiger partial charge is 0.244 e. The number of benzene rings is 2. The standard InChI is InChI=1S/C19H21NO/c1-14-4-8-17(9-5-14)10-13-19(21)20-16(3)18-11-6-15(2)7-12-18/h4-13,16H,1-3H3,(H,20,21)/b13-10+/t16-/m1/s1. The van der Waals surface area contributed by atoms with Crippen LogP contribution < -0.4 is 5.32 Å². The second kappa shape index (κ2) is 6.89. The molecule has 0 aromatic heterocycles. The molecule has 0 saturated carbocycles. The molecule has 0 radical (unpaired) electrons. The van der Waals surface area contributed by atoms with E-state index in [-0.39, 0.29) is 11.9 Å². The second-order valence-electron chi connectivity index (χ2n) is 5.38. The molecule has 0 unspecified atom stereocenters. The lowest BCUT2D eigenvalue weighted by molar-refractivity contribution is -0.117. The van der Waals surface area contributed by atoms with E-state index in [9.17, 15) is 4.79 Å². The van der Waals surface area contributed by atoms with Crippen LogP contribution in [0.25, 0.3) is 6.08 Å². The van der Waals surface area contributed by atoms with Gasteiger partial charge in [-0.1, -0.05) is 59.7 Å². The Labute approximate surface area is 126 Å². The molecular formula is C19H21NO. The van der Waals surface area contributed by atoms with Crippen LogP contribution in [0.3, 0.4) is 0 Å². The van der Waals surface area contributed by atoms with Crippen LogP contribution in [0.5, 0.6) is 0 Å². The van der Waals surface area contributed by atoms with Gasteiger partial charge in [0.1, 0.15) is 0 Å². The lowest BCUT2D eigenvalue weighted by Gasteiger charge is -2.13. The summed E-state index contributed by atoms with van der Waals surface area (Å²) in [6, 6.07) is 16.3. The third-order valence-electron chi connectivity index (χ3n) is 3.44. The summed E-state index contributed by atoms with van der Waals surface area (Å²) in [5.41, 5.74) is 4.57. The van der Waals surface area contributed by atoms with E-state index in [2.05, 4.69) is 24.4 Å². The van der Waals surface area contributed by atoms with Crippen LogP contribution >= 0.6 is 0 Å². The van der Waals surface area contributed by atoms with Crippen molar-refractivity contribution in [2.75, 3.05) is 0 Å². The number of nitrogens with one attached hydrogen (secondary N) is 1. The fourth-order valence-corrected chi connectivity index (χ4v) is 2.05. The first-order valence-electron chi connectivity index (χ1n) is 7.16. The first kappa shape index (κ1) is 15.0. The summed E-state index contributed by atoms with van der Waals surface area (Å²) in [5, 5.41) is 2.97. The fraction of sp³-hybridized carbons (Fsp3) is 0.211. The number of rotatable bonds is 4. The molecule has 0 aliphatic rings. The van der Waals surface area contributed by atoms with E-state index in [1.165, 1.54) is 11.1 Å². The van der Waals surface area contributed by atoms with Crippen LogP contribution in [0.1, 0.15) is 35.2 Å². The maximum atomic E-state index is 11.9. The normalized spacial score (nSPS) is 12.3. The number of carbonyl (C=O) groups is 1. The molecule has 2 nitrogen and oxygen atoms in total. The van der Waals surface area contributed by atoms with Gasteiger partial charge in [-0.05, 0) is 38.0 Å². The van der Waals surface area contributed by atoms with Gasteiger partial charge in [-0.2, -0.15) is 0 Å². The lowest BCUT2D eigenvalue weighted by atomic mass is 10.1. The molecule has 2 aromatic rings. The minimum Gasteiger partial charge on any atom is -0.346 e. The molecular weight excluding hydrogens is 258 g/mol. The van der Waals surface area contributed by atoms with Gasteiger partial charge in [-0.25, -0.2) is 0 Å². The molecule has 2 aromatic carbocycles. The van der Waals surface area contributed by atoms with Gasteiger partial charge in [-0.3, -0.25) is 4.79 Å². The molecule has 108 valence electrons. The van der Waals surface area contributed by atoms with Gasteiger partial charge < -0.3 is 5.32 Å². The highest BCUT2D eigenvalue weighted by Crippen LogP contribution is 2.13. The van der Waals surface area contributed by atoms with Gasteiger partial charge in [0.05, 0.1) is 6.04 Å². The van der Waals surface area contributed by atoms with Crippen molar-refractivity contribution in [2.24, 2.45) is 0 Å². The Morgan fingerprint density at radius 2 is 1.48 bits per heavy atom. The summed E-state index contributed by atoms with van der Waals surface area (Å²) in [4.78, 5) is 11.9. The Balaban J connectivity index is 1.94.